The third kappa shape index (κ3) is 4.52. The summed E-state index contributed by atoms with van der Waals surface area (Å²) in [6, 6.07) is 9.25. The fraction of sp³-hybridized carbons (Fsp3) is 0.667. The first kappa shape index (κ1) is 15.4. The summed E-state index contributed by atoms with van der Waals surface area (Å²) < 4.78 is 5.81. The third-order valence-electron chi connectivity index (χ3n) is 4.02. The van der Waals surface area contributed by atoms with E-state index in [9.17, 15) is 0 Å². The van der Waals surface area contributed by atoms with Gasteiger partial charge in [0.2, 0.25) is 0 Å². The van der Waals surface area contributed by atoms with E-state index in [4.69, 9.17) is 4.74 Å². The molecular formula is C18H29NO. The average Bonchev–Trinajstić information content (AvgIpc) is 3.20. The van der Waals surface area contributed by atoms with E-state index < -0.39 is 0 Å². The SMILES string of the molecule is CCCNC(C)CC(C)(C)c1ccc(OC2CC2)cc1. The number of hydrogen-bond donors (Lipinski definition) is 1. The van der Waals surface area contributed by atoms with Crippen molar-refractivity contribution in [3.8, 4) is 5.75 Å². The predicted molar refractivity (Wildman–Crippen MR) is 85.5 cm³/mol. The first-order valence-corrected chi connectivity index (χ1v) is 8.02. The standard InChI is InChI=1S/C18H29NO/c1-5-12-19-14(2)13-18(3,4)15-6-8-16(9-7-15)20-17-10-11-17/h6-9,14,17,19H,5,10-13H2,1-4H3. The summed E-state index contributed by atoms with van der Waals surface area (Å²) in [4.78, 5) is 0. The fourth-order valence-corrected chi connectivity index (χ4v) is 2.71. The Morgan fingerprint density at radius 2 is 1.90 bits per heavy atom. The molecule has 1 aromatic carbocycles. The normalized spacial score (nSPS) is 17.0. The maximum atomic E-state index is 5.81. The van der Waals surface area contributed by atoms with Crippen LogP contribution in [0.15, 0.2) is 24.3 Å². The van der Waals surface area contributed by atoms with Crippen LogP contribution >= 0.6 is 0 Å². The second-order valence-electron chi connectivity index (χ2n) is 6.78. The van der Waals surface area contributed by atoms with Gasteiger partial charge in [0.25, 0.3) is 0 Å². The van der Waals surface area contributed by atoms with Crippen molar-refractivity contribution < 1.29 is 4.74 Å². The monoisotopic (exact) mass is 275 g/mol. The summed E-state index contributed by atoms with van der Waals surface area (Å²) in [6.45, 7) is 10.2. The molecule has 0 aliphatic heterocycles. The molecular weight excluding hydrogens is 246 g/mol. The topological polar surface area (TPSA) is 21.3 Å². The van der Waals surface area contributed by atoms with Crippen LogP contribution in [0.1, 0.15) is 58.9 Å². The highest BCUT2D eigenvalue weighted by molar-refractivity contribution is 5.32. The molecule has 1 aromatic rings. The molecule has 0 heterocycles. The first-order valence-electron chi connectivity index (χ1n) is 8.02. The Balaban J connectivity index is 1.93. The number of benzene rings is 1. The van der Waals surface area contributed by atoms with Gasteiger partial charge in [-0.25, -0.2) is 0 Å². The summed E-state index contributed by atoms with van der Waals surface area (Å²) in [5.41, 5.74) is 1.59. The first-order chi connectivity index (χ1) is 9.51. The molecule has 1 unspecified atom stereocenters. The van der Waals surface area contributed by atoms with E-state index in [0.29, 0.717) is 12.1 Å². The Labute approximate surface area is 123 Å². The number of ether oxygens (including phenoxy) is 1. The van der Waals surface area contributed by atoms with Crippen LogP contribution in [0, 0.1) is 0 Å². The predicted octanol–water partition coefficient (Wildman–Crippen LogP) is 4.28. The van der Waals surface area contributed by atoms with Crippen LogP contribution in [0.3, 0.4) is 0 Å². The summed E-state index contributed by atoms with van der Waals surface area (Å²) in [5.74, 6) is 1.02. The highest BCUT2D eigenvalue weighted by Gasteiger charge is 2.25. The third-order valence-corrected chi connectivity index (χ3v) is 4.02. The summed E-state index contributed by atoms with van der Waals surface area (Å²) in [6.07, 6.45) is 5.25. The molecule has 2 rings (SSSR count). The van der Waals surface area contributed by atoms with Gasteiger partial charge in [0.1, 0.15) is 5.75 Å². The van der Waals surface area contributed by atoms with Crippen molar-refractivity contribution in [2.75, 3.05) is 6.54 Å². The fourth-order valence-electron chi connectivity index (χ4n) is 2.71. The van der Waals surface area contributed by atoms with Crippen LogP contribution in [-0.4, -0.2) is 18.7 Å². The molecule has 1 atom stereocenters. The van der Waals surface area contributed by atoms with Gasteiger partial charge < -0.3 is 10.1 Å². The second-order valence-corrected chi connectivity index (χ2v) is 6.78. The van der Waals surface area contributed by atoms with E-state index in [2.05, 4.69) is 57.3 Å². The Hall–Kier alpha value is -1.02. The van der Waals surface area contributed by atoms with Gasteiger partial charge in [0, 0.05) is 6.04 Å². The zero-order valence-corrected chi connectivity index (χ0v) is 13.4. The van der Waals surface area contributed by atoms with E-state index in [1.165, 1.54) is 24.8 Å². The molecule has 0 amide bonds. The van der Waals surface area contributed by atoms with Gasteiger partial charge in [-0.05, 0) is 62.3 Å². The summed E-state index contributed by atoms with van der Waals surface area (Å²) >= 11 is 0. The quantitative estimate of drug-likeness (QED) is 0.764. The molecule has 2 nitrogen and oxygen atoms in total. The van der Waals surface area contributed by atoms with Crippen molar-refractivity contribution in [3.63, 3.8) is 0 Å². The average molecular weight is 275 g/mol. The minimum Gasteiger partial charge on any atom is -0.490 e. The molecule has 1 aliphatic carbocycles. The zero-order valence-electron chi connectivity index (χ0n) is 13.4. The molecule has 20 heavy (non-hydrogen) atoms. The van der Waals surface area contributed by atoms with Gasteiger partial charge in [0.15, 0.2) is 0 Å². The van der Waals surface area contributed by atoms with E-state index in [1.54, 1.807) is 0 Å². The lowest BCUT2D eigenvalue weighted by atomic mass is 9.79. The Morgan fingerprint density at radius 3 is 2.45 bits per heavy atom. The number of rotatable bonds is 8. The Bertz CT molecular complexity index is 406. The van der Waals surface area contributed by atoms with E-state index in [-0.39, 0.29) is 5.41 Å². The van der Waals surface area contributed by atoms with Crippen LogP contribution in [0.5, 0.6) is 5.75 Å². The van der Waals surface area contributed by atoms with Gasteiger partial charge in [0.05, 0.1) is 6.10 Å². The second kappa shape index (κ2) is 6.62. The lowest BCUT2D eigenvalue weighted by Crippen LogP contribution is -2.33. The van der Waals surface area contributed by atoms with Crippen molar-refractivity contribution in [1.82, 2.24) is 5.32 Å². The minimum absolute atomic E-state index is 0.193. The molecule has 1 N–H and O–H groups in total. The van der Waals surface area contributed by atoms with Gasteiger partial charge in [-0.15, -0.1) is 0 Å². The van der Waals surface area contributed by atoms with Crippen LogP contribution < -0.4 is 10.1 Å². The largest absolute Gasteiger partial charge is 0.490 e. The van der Waals surface area contributed by atoms with Gasteiger partial charge in [-0.3, -0.25) is 0 Å². The molecule has 0 radical (unpaired) electrons. The van der Waals surface area contributed by atoms with Crippen LogP contribution in [-0.2, 0) is 5.41 Å². The number of hydrogen-bond acceptors (Lipinski definition) is 2. The molecule has 2 heteroatoms. The smallest absolute Gasteiger partial charge is 0.119 e. The van der Waals surface area contributed by atoms with Crippen molar-refractivity contribution in [2.45, 2.75) is 70.9 Å². The van der Waals surface area contributed by atoms with Crippen LogP contribution in [0.25, 0.3) is 0 Å². The molecule has 0 spiro atoms. The van der Waals surface area contributed by atoms with Crippen molar-refractivity contribution in [3.05, 3.63) is 29.8 Å². The number of nitrogens with one attached hydrogen (secondary N) is 1. The lowest BCUT2D eigenvalue weighted by Gasteiger charge is -2.29. The highest BCUT2D eigenvalue weighted by Crippen LogP contribution is 2.31. The maximum absolute atomic E-state index is 5.81. The molecule has 1 aliphatic rings. The molecule has 0 saturated heterocycles. The van der Waals surface area contributed by atoms with Gasteiger partial charge >= 0.3 is 0 Å². The summed E-state index contributed by atoms with van der Waals surface area (Å²) in [5, 5.41) is 3.58. The van der Waals surface area contributed by atoms with Crippen molar-refractivity contribution >= 4 is 0 Å². The molecule has 1 saturated carbocycles. The van der Waals surface area contributed by atoms with Gasteiger partial charge in [-0.1, -0.05) is 32.9 Å². The van der Waals surface area contributed by atoms with Gasteiger partial charge in [-0.2, -0.15) is 0 Å². The Morgan fingerprint density at radius 1 is 1.25 bits per heavy atom. The highest BCUT2D eigenvalue weighted by atomic mass is 16.5. The van der Waals surface area contributed by atoms with Crippen molar-refractivity contribution in [2.24, 2.45) is 0 Å². The van der Waals surface area contributed by atoms with Crippen LogP contribution in [0.4, 0.5) is 0 Å². The van der Waals surface area contributed by atoms with Crippen molar-refractivity contribution in [1.29, 1.82) is 0 Å². The van der Waals surface area contributed by atoms with Crippen LogP contribution in [0.2, 0.25) is 0 Å². The van der Waals surface area contributed by atoms with E-state index in [1.807, 2.05) is 0 Å². The lowest BCUT2D eigenvalue weighted by molar-refractivity contribution is 0.303. The molecule has 0 aromatic heterocycles. The molecule has 0 bridgehead atoms. The maximum Gasteiger partial charge on any atom is 0.119 e. The summed E-state index contributed by atoms with van der Waals surface area (Å²) in [7, 11) is 0. The molecule has 1 fully saturated rings. The minimum atomic E-state index is 0.193. The Kier molecular flexibility index (Phi) is 5.09. The molecule has 112 valence electrons. The van der Waals surface area contributed by atoms with E-state index in [0.717, 1.165) is 18.7 Å². The zero-order chi connectivity index (χ0) is 14.6. The van der Waals surface area contributed by atoms with E-state index >= 15 is 0 Å².